The molecule has 1 aromatic rings. The van der Waals surface area contributed by atoms with Crippen LogP contribution in [0.1, 0.15) is 25.8 Å². The van der Waals surface area contributed by atoms with Crippen molar-refractivity contribution in [2.24, 2.45) is 0 Å². The summed E-state index contributed by atoms with van der Waals surface area (Å²) in [7, 11) is 0. The third kappa shape index (κ3) is 6.46. The Hall–Kier alpha value is -1.10. The summed E-state index contributed by atoms with van der Waals surface area (Å²) >= 11 is 0. The summed E-state index contributed by atoms with van der Waals surface area (Å²) in [6.07, 6.45) is 1.12. The zero-order valence-corrected chi connectivity index (χ0v) is 13.3. The summed E-state index contributed by atoms with van der Waals surface area (Å²) in [5, 5.41) is 3.43. The number of hydrogen-bond donors (Lipinski definition) is 1. The molecule has 21 heavy (non-hydrogen) atoms. The molecule has 1 heterocycles. The predicted octanol–water partition coefficient (Wildman–Crippen LogP) is 2.29. The van der Waals surface area contributed by atoms with Gasteiger partial charge in [-0.15, -0.1) is 0 Å². The highest BCUT2D eigenvalue weighted by molar-refractivity contribution is 5.28. The number of rotatable bonds is 7. The number of benzene rings is 1. The van der Waals surface area contributed by atoms with Crippen LogP contribution in [0.25, 0.3) is 0 Å². The van der Waals surface area contributed by atoms with Crippen LogP contribution in [-0.2, 0) is 11.3 Å². The number of nitrogens with one attached hydrogen (secondary N) is 1. The molecule has 4 nitrogen and oxygen atoms in total. The lowest BCUT2D eigenvalue weighted by molar-refractivity contribution is 0.137. The Kier molecular flexibility index (Phi) is 7.00. The minimum Gasteiger partial charge on any atom is -0.492 e. The molecule has 0 atom stereocenters. The average molecular weight is 292 g/mol. The Labute approximate surface area is 128 Å². The van der Waals surface area contributed by atoms with Gasteiger partial charge in [0, 0.05) is 38.8 Å². The third-order valence-electron chi connectivity index (χ3n) is 3.60. The molecule has 118 valence electrons. The zero-order chi connectivity index (χ0) is 14.9. The Morgan fingerprint density at radius 2 is 2.19 bits per heavy atom. The number of ether oxygens (including phenoxy) is 2. The lowest BCUT2D eigenvalue weighted by Crippen LogP contribution is -2.30. The van der Waals surface area contributed by atoms with Crippen LogP contribution in [-0.4, -0.2) is 50.4 Å². The molecule has 1 N–H and O–H groups in total. The normalized spacial score (nSPS) is 16.9. The fourth-order valence-corrected chi connectivity index (χ4v) is 2.38. The van der Waals surface area contributed by atoms with Crippen LogP contribution in [0.2, 0.25) is 0 Å². The molecule has 1 aromatic carbocycles. The van der Waals surface area contributed by atoms with Gasteiger partial charge in [-0.05, 0) is 24.1 Å². The first-order valence-corrected chi connectivity index (χ1v) is 7.99. The molecule has 1 aliphatic heterocycles. The number of nitrogens with zero attached hydrogens (tertiary/aromatic N) is 1. The summed E-state index contributed by atoms with van der Waals surface area (Å²) in [5.74, 6) is 0.962. The van der Waals surface area contributed by atoms with Crippen LogP contribution in [0.15, 0.2) is 24.3 Å². The molecule has 1 fully saturated rings. The molecule has 0 bridgehead atoms. The van der Waals surface area contributed by atoms with Crippen LogP contribution < -0.4 is 10.1 Å². The standard InChI is InChI=1S/C17H28N2O2/c1-15(2)18-14-16-5-3-6-17(13-16)21-12-9-19-7-4-10-20-11-8-19/h3,5-6,13,15,18H,4,7-12,14H2,1-2H3. The van der Waals surface area contributed by atoms with Crippen molar-refractivity contribution >= 4 is 0 Å². The molecule has 0 saturated carbocycles. The first-order chi connectivity index (χ1) is 10.2. The second kappa shape index (κ2) is 9.03. The van der Waals surface area contributed by atoms with E-state index in [1.165, 1.54) is 5.56 Å². The van der Waals surface area contributed by atoms with E-state index in [2.05, 4.69) is 42.3 Å². The van der Waals surface area contributed by atoms with E-state index in [0.29, 0.717) is 6.04 Å². The van der Waals surface area contributed by atoms with Crippen molar-refractivity contribution in [1.29, 1.82) is 0 Å². The molecule has 0 radical (unpaired) electrons. The van der Waals surface area contributed by atoms with Crippen LogP contribution in [0.5, 0.6) is 5.75 Å². The average Bonchev–Trinajstić information content (AvgIpc) is 2.74. The monoisotopic (exact) mass is 292 g/mol. The quantitative estimate of drug-likeness (QED) is 0.836. The summed E-state index contributed by atoms with van der Waals surface area (Å²) in [6.45, 7) is 10.8. The van der Waals surface area contributed by atoms with Crippen molar-refractivity contribution < 1.29 is 9.47 Å². The van der Waals surface area contributed by atoms with Crippen molar-refractivity contribution in [1.82, 2.24) is 10.2 Å². The minimum absolute atomic E-state index is 0.500. The summed E-state index contributed by atoms with van der Waals surface area (Å²) in [4.78, 5) is 2.41. The van der Waals surface area contributed by atoms with E-state index < -0.39 is 0 Å². The first kappa shape index (κ1) is 16.3. The molecule has 2 rings (SSSR count). The highest BCUT2D eigenvalue weighted by Crippen LogP contribution is 2.13. The summed E-state index contributed by atoms with van der Waals surface area (Å²) in [5.41, 5.74) is 1.27. The van der Waals surface area contributed by atoms with Gasteiger partial charge in [-0.3, -0.25) is 4.90 Å². The predicted molar refractivity (Wildman–Crippen MR) is 85.8 cm³/mol. The lowest BCUT2D eigenvalue weighted by Gasteiger charge is -2.19. The molecule has 0 aromatic heterocycles. The minimum atomic E-state index is 0.500. The second-order valence-corrected chi connectivity index (χ2v) is 5.84. The Bertz CT molecular complexity index is 402. The SMILES string of the molecule is CC(C)NCc1cccc(OCCN2CCCOCC2)c1. The molecule has 0 amide bonds. The Morgan fingerprint density at radius 3 is 3.05 bits per heavy atom. The molecule has 0 unspecified atom stereocenters. The maximum absolute atomic E-state index is 5.89. The maximum Gasteiger partial charge on any atom is 0.119 e. The van der Waals surface area contributed by atoms with Crippen molar-refractivity contribution in [3.8, 4) is 5.75 Å². The van der Waals surface area contributed by atoms with Crippen molar-refractivity contribution in [2.75, 3.05) is 39.5 Å². The van der Waals surface area contributed by atoms with Crippen molar-refractivity contribution in [3.63, 3.8) is 0 Å². The van der Waals surface area contributed by atoms with Gasteiger partial charge < -0.3 is 14.8 Å². The van der Waals surface area contributed by atoms with Crippen LogP contribution >= 0.6 is 0 Å². The van der Waals surface area contributed by atoms with Crippen LogP contribution in [0, 0.1) is 0 Å². The van der Waals surface area contributed by atoms with Gasteiger partial charge in [0.1, 0.15) is 12.4 Å². The van der Waals surface area contributed by atoms with Crippen LogP contribution in [0.4, 0.5) is 0 Å². The lowest BCUT2D eigenvalue weighted by atomic mass is 10.2. The van der Waals surface area contributed by atoms with Gasteiger partial charge in [-0.1, -0.05) is 26.0 Å². The maximum atomic E-state index is 5.89. The van der Waals surface area contributed by atoms with Crippen LogP contribution in [0.3, 0.4) is 0 Å². The van der Waals surface area contributed by atoms with E-state index in [1.807, 2.05) is 6.07 Å². The van der Waals surface area contributed by atoms with E-state index >= 15 is 0 Å². The van der Waals surface area contributed by atoms with E-state index in [1.54, 1.807) is 0 Å². The molecule has 0 spiro atoms. The van der Waals surface area contributed by atoms with E-state index in [-0.39, 0.29) is 0 Å². The van der Waals surface area contributed by atoms with E-state index in [9.17, 15) is 0 Å². The second-order valence-electron chi connectivity index (χ2n) is 5.84. The molecular weight excluding hydrogens is 264 g/mol. The highest BCUT2D eigenvalue weighted by Gasteiger charge is 2.08. The highest BCUT2D eigenvalue weighted by atomic mass is 16.5. The van der Waals surface area contributed by atoms with Crippen molar-refractivity contribution in [3.05, 3.63) is 29.8 Å². The van der Waals surface area contributed by atoms with Gasteiger partial charge >= 0.3 is 0 Å². The van der Waals surface area contributed by atoms with Gasteiger partial charge in [0.2, 0.25) is 0 Å². The zero-order valence-electron chi connectivity index (χ0n) is 13.3. The van der Waals surface area contributed by atoms with Gasteiger partial charge in [0.05, 0.1) is 6.61 Å². The number of hydrogen-bond acceptors (Lipinski definition) is 4. The van der Waals surface area contributed by atoms with Gasteiger partial charge in [0.25, 0.3) is 0 Å². The molecular formula is C17H28N2O2. The van der Waals surface area contributed by atoms with Crippen molar-refractivity contribution in [2.45, 2.75) is 32.9 Å². The molecule has 1 aliphatic rings. The summed E-state index contributed by atoms with van der Waals surface area (Å²) < 4.78 is 11.3. The van der Waals surface area contributed by atoms with Gasteiger partial charge in [-0.2, -0.15) is 0 Å². The molecule has 1 saturated heterocycles. The molecule has 0 aliphatic carbocycles. The fraction of sp³-hybridized carbons (Fsp3) is 0.647. The molecule has 4 heteroatoms. The fourth-order valence-electron chi connectivity index (χ4n) is 2.38. The first-order valence-electron chi connectivity index (χ1n) is 7.99. The largest absolute Gasteiger partial charge is 0.492 e. The van der Waals surface area contributed by atoms with Gasteiger partial charge in [0.15, 0.2) is 0 Å². The Morgan fingerprint density at radius 1 is 1.29 bits per heavy atom. The Balaban J connectivity index is 1.73. The summed E-state index contributed by atoms with van der Waals surface area (Å²) in [6, 6.07) is 8.85. The van der Waals surface area contributed by atoms with E-state index in [4.69, 9.17) is 9.47 Å². The topological polar surface area (TPSA) is 33.7 Å². The van der Waals surface area contributed by atoms with Gasteiger partial charge in [-0.25, -0.2) is 0 Å². The smallest absolute Gasteiger partial charge is 0.119 e. The van der Waals surface area contributed by atoms with E-state index in [0.717, 1.165) is 58.2 Å². The third-order valence-corrected chi connectivity index (χ3v) is 3.60.